The molecule has 3 aromatic heterocycles. The Morgan fingerprint density at radius 2 is 0.532 bits per heavy atom. The van der Waals surface area contributed by atoms with Gasteiger partial charge in [-0.1, -0.05) is 162 Å². The number of aryl methyl sites for hydroxylation is 4. The number of benzene rings is 9. The molecule has 0 fully saturated rings. The van der Waals surface area contributed by atoms with Crippen LogP contribution in [0.1, 0.15) is 70.3 Å². The molecule has 0 amide bonds. The summed E-state index contributed by atoms with van der Waals surface area (Å²) in [5.41, 5.74) is 17.2. The molecule has 0 radical (unpaired) electrons. The third-order valence-corrected chi connectivity index (χ3v) is 25.3. The van der Waals surface area contributed by atoms with E-state index in [2.05, 4.69) is 270 Å². The summed E-state index contributed by atoms with van der Waals surface area (Å²) in [6.07, 6.45) is 10.1. The van der Waals surface area contributed by atoms with E-state index < -0.39 is 0 Å². The number of halogens is 1. The fraction of sp³-hybridized carbons (Fsp3) is 0.284. The number of para-hydroxylation sites is 8. The Labute approximate surface area is 687 Å². The first-order valence-corrected chi connectivity index (χ1v) is 44.2. The summed E-state index contributed by atoms with van der Waals surface area (Å²) < 4.78 is 24.3. The minimum atomic E-state index is 0. The SMILES string of the molecule is CC[n+]1c(/C=C/c2ccc(N(C)CCSSCCN(C)c3ccc(/C=C/c4oc5ccccc5[n+]4CC)cc3)cc2)oc2ccccc21.CC[n+]1c(C)oc2ccccc21.CN(CCSSCCN(C)c1ccc(C=O)cc1)c1ccc(C=O)cc1.CN(CCSSCCN(C)c1ccccc1)c1ccccc1.[I-]. The number of oxazole rings is 3. The van der Waals surface area contributed by atoms with Crippen molar-refractivity contribution in [2.45, 2.75) is 47.3 Å². The highest BCUT2D eigenvalue weighted by molar-refractivity contribution is 8.77. The average molecular weight is 1690 g/mol. The van der Waals surface area contributed by atoms with Gasteiger partial charge in [0.15, 0.2) is 0 Å². The molecular formula is C88H104IN9O5S6+2. The smallest absolute Gasteiger partial charge is 0.374 e. The van der Waals surface area contributed by atoms with Gasteiger partial charge in [-0.15, -0.1) is 0 Å². The van der Waals surface area contributed by atoms with Gasteiger partial charge in [0.1, 0.15) is 32.2 Å². The fourth-order valence-electron chi connectivity index (χ4n) is 11.7. The molecule has 12 aromatic rings. The second kappa shape index (κ2) is 47.1. The molecule has 0 spiro atoms. The predicted octanol–water partition coefficient (Wildman–Crippen LogP) is 17.0. The summed E-state index contributed by atoms with van der Waals surface area (Å²) >= 11 is 0. The lowest BCUT2D eigenvalue weighted by molar-refractivity contribution is -0.679. The maximum absolute atomic E-state index is 10.7. The quantitative estimate of drug-likeness (QED) is 0.0122. The van der Waals surface area contributed by atoms with Gasteiger partial charge in [-0.05, 0) is 159 Å². The first-order valence-electron chi connectivity index (χ1n) is 36.7. The highest BCUT2D eigenvalue weighted by atomic mass is 127. The molecule has 109 heavy (non-hydrogen) atoms. The van der Waals surface area contributed by atoms with E-state index in [1.807, 2.05) is 163 Å². The van der Waals surface area contributed by atoms with Gasteiger partial charge in [0.25, 0.3) is 16.6 Å². The number of hydrogen-bond donors (Lipinski definition) is 0. The van der Waals surface area contributed by atoms with Crippen LogP contribution in [-0.2, 0) is 19.6 Å². The van der Waals surface area contributed by atoms with E-state index in [0.29, 0.717) is 11.1 Å². The molecule has 0 aliphatic carbocycles. The summed E-state index contributed by atoms with van der Waals surface area (Å²) in [5, 5.41) is 0. The molecule has 0 saturated heterocycles. The summed E-state index contributed by atoms with van der Waals surface area (Å²) in [6, 6.07) is 78.3. The second-order valence-electron chi connectivity index (χ2n) is 25.5. The number of carbonyl (C=O) groups excluding carboxylic acids is 2. The molecule has 0 unspecified atom stereocenters. The Morgan fingerprint density at radius 3 is 0.807 bits per heavy atom. The van der Waals surface area contributed by atoms with Crippen LogP contribution in [0.5, 0.6) is 0 Å². The monoisotopic (exact) mass is 1690 g/mol. The minimum absolute atomic E-state index is 0. The molecule has 3 heterocycles. The van der Waals surface area contributed by atoms with Crippen LogP contribution in [0.15, 0.2) is 244 Å². The van der Waals surface area contributed by atoms with E-state index >= 15 is 0 Å². The van der Waals surface area contributed by atoms with Crippen LogP contribution in [0, 0.1) is 6.92 Å². The maximum atomic E-state index is 10.7. The Balaban J connectivity index is 0.000000205. The van der Waals surface area contributed by atoms with Crippen molar-refractivity contribution < 1.29 is 60.5 Å². The molecule has 0 saturated carbocycles. The zero-order valence-corrected chi connectivity index (χ0v) is 71.5. The highest BCUT2D eigenvalue weighted by Gasteiger charge is 2.21. The van der Waals surface area contributed by atoms with E-state index in [0.717, 1.165) is 174 Å². The summed E-state index contributed by atoms with van der Waals surface area (Å²) in [4.78, 5) is 35.0. The molecule has 0 aliphatic rings. The van der Waals surface area contributed by atoms with Crippen molar-refractivity contribution in [3.05, 3.63) is 270 Å². The zero-order valence-electron chi connectivity index (χ0n) is 64.4. The standard InChI is InChI=1S/C40H44N4O2S2.C20H24N2O2S2.C18H24N2S2.C10H12NO.HI/c1-5-43-35-11-7-9-13-37(35)45-39(43)25-19-31-15-21-33(22-16-31)41(3)27-29-47-48-30-28-42(4)34-23-17-32(18-24-34)20-26-40-44(6-2)36-12-8-10-14-38(36)46-40;1-21(19-7-3-17(15-23)4-8-19)11-13-25-26-14-12-22(2)20-9-5-18(16-24)6-10-20;1-19(17-9-5-3-6-10-17)13-15-21-22-16-14-20(2)18-11-7-4-8-12-18;1-3-11-8(2)12-10-7-5-4-6-9(10)11;/h7-26H,5-6,27-30H2,1-4H3;3-10,15-16H,11-14H2,1-2H3;3-12H,13-16H2,1-2H3;4-7H,3H2,1-2H3;1H/q+2;;;+1;/p-1. The van der Waals surface area contributed by atoms with Crippen molar-refractivity contribution in [1.29, 1.82) is 0 Å². The third kappa shape index (κ3) is 27.1. The van der Waals surface area contributed by atoms with E-state index in [4.69, 9.17) is 13.3 Å². The average Bonchev–Trinajstić information content (AvgIpc) is 1.67. The van der Waals surface area contributed by atoms with E-state index in [9.17, 15) is 9.59 Å². The number of aromatic nitrogens is 3. The van der Waals surface area contributed by atoms with Crippen molar-refractivity contribution in [3.63, 3.8) is 0 Å². The Hall–Kier alpha value is -8.16. The van der Waals surface area contributed by atoms with E-state index in [-0.39, 0.29) is 24.0 Å². The van der Waals surface area contributed by atoms with Gasteiger partial charge in [-0.25, -0.2) is 0 Å². The molecular weight excluding hydrogens is 1580 g/mol. The molecule has 0 N–H and O–H groups in total. The van der Waals surface area contributed by atoms with Crippen molar-refractivity contribution in [3.8, 4) is 0 Å². The van der Waals surface area contributed by atoms with Gasteiger partial charge in [-0.2, -0.15) is 13.7 Å². The van der Waals surface area contributed by atoms with Crippen molar-refractivity contribution >= 4 is 169 Å². The summed E-state index contributed by atoms with van der Waals surface area (Å²) in [7, 11) is 24.3. The summed E-state index contributed by atoms with van der Waals surface area (Å²) in [6.45, 7) is 17.2. The van der Waals surface area contributed by atoms with Gasteiger partial charge >= 0.3 is 17.7 Å². The number of rotatable bonds is 36. The van der Waals surface area contributed by atoms with Gasteiger partial charge in [0.05, 0.1) is 19.1 Å². The van der Waals surface area contributed by atoms with Gasteiger partial charge in [0.2, 0.25) is 16.7 Å². The number of nitrogens with zero attached hydrogens (tertiary/aromatic N) is 9. The van der Waals surface area contributed by atoms with Gasteiger partial charge in [0, 0.05) is 180 Å². The second-order valence-corrected chi connectivity index (χ2v) is 33.6. The van der Waals surface area contributed by atoms with Gasteiger partial charge in [-0.3, -0.25) is 9.59 Å². The van der Waals surface area contributed by atoms with Crippen molar-refractivity contribution in [1.82, 2.24) is 0 Å². The third-order valence-electron chi connectivity index (χ3n) is 18.2. The zero-order chi connectivity index (χ0) is 76.2. The molecule has 9 aromatic carbocycles. The fourth-order valence-corrected chi connectivity index (χ4v) is 18.0. The summed E-state index contributed by atoms with van der Waals surface area (Å²) in [5.74, 6) is 9.20. The number of anilines is 6. The van der Waals surface area contributed by atoms with E-state index in [1.165, 1.54) is 28.3 Å². The number of carbonyl (C=O) groups is 2. The molecule has 12 rings (SSSR count). The Morgan fingerprint density at radius 1 is 0.294 bits per heavy atom. The normalized spacial score (nSPS) is 11.0. The Kier molecular flexibility index (Phi) is 37.4. The van der Waals surface area contributed by atoms with Crippen LogP contribution in [0.25, 0.3) is 57.6 Å². The largest absolute Gasteiger partial charge is 1.00 e. The topological polar surface area (TPSA) is 105 Å². The van der Waals surface area contributed by atoms with Gasteiger partial charge < -0.3 is 66.6 Å². The highest BCUT2D eigenvalue weighted by Crippen LogP contribution is 2.28. The maximum Gasteiger partial charge on any atom is 0.374 e. The van der Waals surface area contributed by atoms with Crippen LogP contribution >= 0.6 is 64.8 Å². The van der Waals surface area contributed by atoms with Crippen molar-refractivity contribution in [2.75, 3.05) is 145 Å². The lowest BCUT2D eigenvalue weighted by atomic mass is 10.2. The van der Waals surface area contributed by atoms with Crippen LogP contribution in [-0.4, -0.2) is 129 Å². The number of hydrogen-bond acceptors (Lipinski definition) is 17. The molecule has 572 valence electrons. The first kappa shape index (κ1) is 86.4. The number of aldehydes is 2. The molecule has 21 heteroatoms. The van der Waals surface area contributed by atoms with Crippen molar-refractivity contribution in [2.24, 2.45) is 0 Å². The van der Waals surface area contributed by atoms with E-state index in [1.54, 1.807) is 0 Å². The van der Waals surface area contributed by atoms with Crippen LogP contribution < -0.4 is 67.1 Å². The lowest BCUT2D eigenvalue weighted by Gasteiger charge is -2.20. The van der Waals surface area contributed by atoms with Crippen LogP contribution in [0.4, 0.5) is 34.1 Å². The first-order chi connectivity index (χ1) is 52.8. The van der Waals surface area contributed by atoms with Crippen LogP contribution in [0.2, 0.25) is 0 Å². The molecule has 0 atom stereocenters. The Bertz CT molecular complexity index is 4430. The van der Waals surface area contributed by atoms with Crippen LogP contribution in [0.3, 0.4) is 0 Å². The number of fused-ring (bicyclic) bond motifs is 3. The molecule has 14 nitrogen and oxygen atoms in total. The minimum Gasteiger partial charge on any atom is -1.00 e. The lowest BCUT2D eigenvalue weighted by Crippen LogP contribution is -3.00. The molecule has 0 aliphatic heterocycles. The molecule has 0 bridgehead atoms. The predicted molar refractivity (Wildman–Crippen MR) is 473 cm³/mol.